The minimum Gasteiger partial charge on any atom is -0.360 e. The Morgan fingerprint density at radius 2 is 1.50 bits per heavy atom. The first-order valence-electron chi connectivity index (χ1n) is 9.63. The Labute approximate surface area is 185 Å². The average molecular weight is 477 g/mol. The molecule has 4 rings (SSSR count). The fraction of sp³-hybridized carbons (Fsp3) is 0.200. The molecule has 0 atom stereocenters. The van der Waals surface area contributed by atoms with Crippen molar-refractivity contribution >= 4 is 43.1 Å². The molecule has 3 aromatic rings. The number of aryl methyl sites for hydroxylation is 1. The minimum absolute atomic E-state index is 0.0157. The smallest absolute Gasteiger partial charge is 0.263 e. The quantitative estimate of drug-likeness (QED) is 0.534. The Bertz CT molecular complexity index is 1350. The first-order chi connectivity index (χ1) is 15.1. The van der Waals surface area contributed by atoms with Crippen molar-refractivity contribution in [1.29, 1.82) is 0 Å². The van der Waals surface area contributed by atoms with Crippen LogP contribution in [0, 0.1) is 6.92 Å². The number of amides is 1. The van der Waals surface area contributed by atoms with Gasteiger partial charge in [-0.1, -0.05) is 5.16 Å². The van der Waals surface area contributed by atoms with Crippen LogP contribution in [0.3, 0.4) is 0 Å². The van der Waals surface area contributed by atoms with Crippen LogP contribution < -0.4 is 14.3 Å². The van der Waals surface area contributed by atoms with Gasteiger partial charge in [0.2, 0.25) is 5.91 Å². The molecule has 10 nitrogen and oxygen atoms in total. The summed E-state index contributed by atoms with van der Waals surface area (Å²) in [5, 5.41) is 3.58. The molecule has 168 valence electrons. The number of nitrogens with one attached hydrogen (secondary N) is 2. The van der Waals surface area contributed by atoms with E-state index in [4.69, 9.17) is 4.52 Å². The van der Waals surface area contributed by atoms with Crippen LogP contribution in [0.5, 0.6) is 0 Å². The summed E-state index contributed by atoms with van der Waals surface area (Å²) in [5.41, 5.74) is 0.843. The lowest BCUT2D eigenvalue weighted by atomic mass is 10.3. The second-order valence-corrected chi connectivity index (χ2v) is 10.6. The molecule has 0 bridgehead atoms. The Hall–Kier alpha value is -3.38. The minimum atomic E-state index is -3.91. The van der Waals surface area contributed by atoms with Gasteiger partial charge in [0.05, 0.1) is 9.79 Å². The van der Waals surface area contributed by atoms with E-state index in [1.165, 1.54) is 42.5 Å². The second kappa shape index (κ2) is 8.28. The van der Waals surface area contributed by atoms with Crippen molar-refractivity contribution in [2.24, 2.45) is 0 Å². The normalized spacial score (nSPS) is 14.5. The summed E-state index contributed by atoms with van der Waals surface area (Å²) in [6.45, 7) is 2.24. The van der Waals surface area contributed by atoms with Crippen molar-refractivity contribution in [3.8, 4) is 0 Å². The standard InChI is InChI=1S/C20H20N4O6S2/c1-14-13-19(21-30-14)23-32(28,29)17-8-4-15(5-9-17)22-31(26,27)18-10-6-16(7-11-18)24-12-2-3-20(24)25/h4-11,13,22H,2-3,12H2,1H3,(H,21,23). The third kappa shape index (κ3) is 4.60. The van der Waals surface area contributed by atoms with Crippen LogP contribution in [0.4, 0.5) is 17.2 Å². The number of anilines is 3. The predicted octanol–water partition coefficient (Wildman–Crippen LogP) is 2.71. The summed E-state index contributed by atoms with van der Waals surface area (Å²) < 4.78 is 59.8. The van der Waals surface area contributed by atoms with Crippen molar-refractivity contribution in [1.82, 2.24) is 5.16 Å². The highest BCUT2D eigenvalue weighted by molar-refractivity contribution is 7.93. The molecule has 1 saturated heterocycles. The number of rotatable bonds is 7. The van der Waals surface area contributed by atoms with E-state index in [0.717, 1.165) is 6.42 Å². The number of sulfonamides is 2. The van der Waals surface area contributed by atoms with Crippen molar-refractivity contribution in [3.05, 3.63) is 60.4 Å². The Morgan fingerprint density at radius 3 is 2.03 bits per heavy atom. The molecule has 1 fully saturated rings. The van der Waals surface area contributed by atoms with E-state index in [1.807, 2.05) is 0 Å². The topological polar surface area (TPSA) is 139 Å². The molecule has 1 amide bonds. The lowest BCUT2D eigenvalue weighted by Crippen LogP contribution is -2.23. The van der Waals surface area contributed by atoms with E-state index in [9.17, 15) is 21.6 Å². The number of nitrogens with zero attached hydrogens (tertiary/aromatic N) is 2. The molecule has 1 aromatic heterocycles. The van der Waals surface area contributed by atoms with Gasteiger partial charge in [0.1, 0.15) is 5.76 Å². The highest BCUT2D eigenvalue weighted by Gasteiger charge is 2.23. The number of hydrogen-bond donors (Lipinski definition) is 2. The number of benzene rings is 2. The number of aromatic nitrogens is 1. The molecule has 1 aliphatic rings. The predicted molar refractivity (Wildman–Crippen MR) is 117 cm³/mol. The van der Waals surface area contributed by atoms with Crippen LogP contribution in [-0.2, 0) is 24.8 Å². The number of carbonyl (C=O) groups is 1. The van der Waals surface area contributed by atoms with Crippen molar-refractivity contribution in [2.45, 2.75) is 29.6 Å². The van der Waals surface area contributed by atoms with E-state index in [2.05, 4.69) is 14.6 Å². The zero-order chi connectivity index (χ0) is 22.9. The van der Waals surface area contributed by atoms with Gasteiger partial charge in [-0.3, -0.25) is 14.2 Å². The van der Waals surface area contributed by atoms with Crippen LogP contribution in [0.15, 0.2) is 68.9 Å². The maximum absolute atomic E-state index is 12.7. The monoisotopic (exact) mass is 476 g/mol. The second-order valence-electron chi connectivity index (χ2n) is 7.20. The summed E-state index contributed by atoms with van der Waals surface area (Å²) in [5.74, 6) is 0.515. The van der Waals surface area contributed by atoms with Crippen LogP contribution in [0.25, 0.3) is 0 Å². The molecular formula is C20H20N4O6S2. The molecule has 12 heteroatoms. The third-order valence-electron chi connectivity index (χ3n) is 4.82. The molecule has 0 spiro atoms. The third-order valence-corrected chi connectivity index (χ3v) is 7.58. The molecule has 0 unspecified atom stereocenters. The van der Waals surface area contributed by atoms with Crippen LogP contribution in [0.2, 0.25) is 0 Å². The van der Waals surface area contributed by atoms with Gasteiger partial charge in [0, 0.05) is 30.4 Å². The first-order valence-corrected chi connectivity index (χ1v) is 12.6. The maximum atomic E-state index is 12.7. The molecular weight excluding hydrogens is 456 g/mol. The zero-order valence-corrected chi connectivity index (χ0v) is 18.6. The molecule has 2 heterocycles. The molecule has 2 N–H and O–H groups in total. The SMILES string of the molecule is Cc1cc(NS(=O)(=O)c2ccc(NS(=O)(=O)c3ccc(N4CCCC4=O)cc3)cc2)no1. The van der Waals surface area contributed by atoms with E-state index in [-0.39, 0.29) is 27.2 Å². The number of carbonyl (C=O) groups excluding carboxylic acids is 1. The van der Waals surface area contributed by atoms with Gasteiger partial charge in [-0.2, -0.15) is 0 Å². The van der Waals surface area contributed by atoms with Gasteiger partial charge in [0.15, 0.2) is 5.82 Å². The fourth-order valence-electron chi connectivity index (χ4n) is 3.25. The van der Waals surface area contributed by atoms with Crippen molar-refractivity contribution < 1.29 is 26.2 Å². The molecule has 0 saturated carbocycles. The van der Waals surface area contributed by atoms with E-state index < -0.39 is 20.0 Å². The maximum Gasteiger partial charge on any atom is 0.263 e. The fourth-order valence-corrected chi connectivity index (χ4v) is 5.30. The summed E-state index contributed by atoms with van der Waals surface area (Å²) in [6, 6.07) is 12.7. The van der Waals surface area contributed by atoms with Gasteiger partial charge >= 0.3 is 0 Å². The Morgan fingerprint density at radius 1 is 0.906 bits per heavy atom. The van der Waals surface area contributed by atoms with Gasteiger partial charge < -0.3 is 9.42 Å². The summed E-state index contributed by atoms with van der Waals surface area (Å²) >= 11 is 0. The Balaban J connectivity index is 1.47. The summed E-state index contributed by atoms with van der Waals surface area (Å²) in [4.78, 5) is 13.4. The Kier molecular flexibility index (Phi) is 5.65. The molecule has 0 aliphatic carbocycles. The largest absolute Gasteiger partial charge is 0.360 e. The molecule has 0 radical (unpaired) electrons. The highest BCUT2D eigenvalue weighted by atomic mass is 32.2. The molecule has 1 aliphatic heterocycles. The lowest BCUT2D eigenvalue weighted by Gasteiger charge is -2.16. The van der Waals surface area contributed by atoms with Crippen LogP contribution in [0.1, 0.15) is 18.6 Å². The van der Waals surface area contributed by atoms with E-state index in [0.29, 0.717) is 24.4 Å². The van der Waals surface area contributed by atoms with Crippen LogP contribution >= 0.6 is 0 Å². The number of hydrogen-bond acceptors (Lipinski definition) is 7. The van der Waals surface area contributed by atoms with Gasteiger partial charge in [-0.15, -0.1) is 0 Å². The summed E-state index contributed by atoms with van der Waals surface area (Å²) in [7, 11) is -7.81. The van der Waals surface area contributed by atoms with E-state index >= 15 is 0 Å². The van der Waals surface area contributed by atoms with Crippen molar-refractivity contribution in [3.63, 3.8) is 0 Å². The molecule has 2 aromatic carbocycles. The van der Waals surface area contributed by atoms with E-state index in [1.54, 1.807) is 24.0 Å². The highest BCUT2D eigenvalue weighted by Crippen LogP contribution is 2.25. The van der Waals surface area contributed by atoms with Crippen molar-refractivity contribution in [2.75, 3.05) is 20.9 Å². The lowest BCUT2D eigenvalue weighted by molar-refractivity contribution is -0.117. The average Bonchev–Trinajstić information content (AvgIpc) is 3.35. The van der Waals surface area contributed by atoms with Gasteiger partial charge in [-0.25, -0.2) is 16.8 Å². The summed E-state index contributed by atoms with van der Waals surface area (Å²) in [6.07, 6.45) is 1.26. The van der Waals surface area contributed by atoms with Gasteiger partial charge in [0.25, 0.3) is 20.0 Å². The van der Waals surface area contributed by atoms with Crippen LogP contribution in [-0.4, -0.2) is 34.4 Å². The molecule has 32 heavy (non-hydrogen) atoms. The first kappa shape index (κ1) is 21.8. The van der Waals surface area contributed by atoms with Gasteiger partial charge in [-0.05, 0) is 61.9 Å². The zero-order valence-electron chi connectivity index (χ0n) is 17.0.